The van der Waals surface area contributed by atoms with Crippen LogP contribution in [0.25, 0.3) is 11.1 Å². The van der Waals surface area contributed by atoms with Gasteiger partial charge >= 0.3 is 0 Å². The van der Waals surface area contributed by atoms with E-state index in [1.54, 1.807) is 7.11 Å². The standard InChI is InChI=1S/C14H12BrClO/c1-17-14-12(7-4-8-13(14)16)11-6-3-2-5-10(11)9-15/h2-8H,9H2,1H3. The van der Waals surface area contributed by atoms with Crippen LogP contribution in [0.5, 0.6) is 5.75 Å². The lowest BCUT2D eigenvalue weighted by molar-refractivity contribution is 0.416. The minimum Gasteiger partial charge on any atom is -0.495 e. The molecule has 1 nitrogen and oxygen atoms in total. The molecule has 0 aliphatic heterocycles. The van der Waals surface area contributed by atoms with E-state index in [-0.39, 0.29) is 0 Å². The highest BCUT2D eigenvalue weighted by Gasteiger charge is 2.11. The number of para-hydroxylation sites is 1. The normalized spacial score (nSPS) is 10.3. The number of ether oxygens (including phenoxy) is 1. The van der Waals surface area contributed by atoms with E-state index in [9.17, 15) is 0 Å². The van der Waals surface area contributed by atoms with Crippen molar-refractivity contribution in [2.75, 3.05) is 7.11 Å². The molecule has 0 atom stereocenters. The summed E-state index contributed by atoms with van der Waals surface area (Å²) in [6.07, 6.45) is 0. The highest BCUT2D eigenvalue weighted by atomic mass is 79.9. The van der Waals surface area contributed by atoms with Crippen molar-refractivity contribution >= 4 is 27.5 Å². The van der Waals surface area contributed by atoms with Gasteiger partial charge in [-0.25, -0.2) is 0 Å². The molecular formula is C14H12BrClO. The molecule has 2 aromatic carbocycles. The Morgan fingerprint density at radius 3 is 2.47 bits per heavy atom. The molecule has 0 unspecified atom stereocenters. The van der Waals surface area contributed by atoms with Crippen molar-refractivity contribution in [3.63, 3.8) is 0 Å². The van der Waals surface area contributed by atoms with E-state index in [4.69, 9.17) is 16.3 Å². The van der Waals surface area contributed by atoms with Gasteiger partial charge in [-0.15, -0.1) is 0 Å². The SMILES string of the molecule is COc1c(Cl)cccc1-c1ccccc1CBr. The summed E-state index contributed by atoms with van der Waals surface area (Å²) in [4.78, 5) is 0. The molecule has 0 aliphatic carbocycles. The number of benzene rings is 2. The van der Waals surface area contributed by atoms with E-state index < -0.39 is 0 Å². The molecule has 2 aromatic rings. The Hall–Kier alpha value is -0.990. The summed E-state index contributed by atoms with van der Waals surface area (Å²) < 4.78 is 5.38. The van der Waals surface area contributed by atoms with Gasteiger partial charge in [0.15, 0.2) is 0 Å². The summed E-state index contributed by atoms with van der Waals surface area (Å²) >= 11 is 9.64. The average molecular weight is 312 g/mol. The minimum atomic E-state index is 0.634. The van der Waals surface area contributed by atoms with Gasteiger partial charge in [-0.1, -0.05) is 63.9 Å². The van der Waals surface area contributed by atoms with Gasteiger partial charge in [0, 0.05) is 10.9 Å². The van der Waals surface area contributed by atoms with E-state index in [2.05, 4.69) is 28.1 Å². The lowest BCUT2D eigenvalue weighted by atomic mass is 10.00. The predicted octanol–water partition coefficient (Wildman–Crippen LogP) is 4.91. The lowest BCUT2D eigenvalue weighted by Gasteiger charge is -2.12. The van der Waals surface area contributed by atoms with Gasteiger partial charge in [-0.3, -0.25) is 0 Å². The van der Waals surface area contributed by atoms with E-state index in [0.717, 1.165) is 22.2 Å². The van der Waals surface area contributed by atoms with E-state index in [1.807, 2.05) is 30.3 Å². The zero-order chi connectivity index (χ0) is 12.3. The summed E-state index contributed by atoms with van der Waals surface area (Å²) in [6, 6.07) is 14.0. The van der Waals surface area contributed by atoms with Gasteiger partial charge in [0.05, 0.1) is 12.1 Å². The molecule has 0 radical (unpaired) electrons. The second-order valence-corrected chi connectivity index (χ2v) is 4.58. The van der Waals surface area contributed by atoms with Crippen LogP contribution in [0.2, 0.25) is 5.02 Å². The quantitative estimate of drug-likeness (QED) is 0.732. The van der Waals surface area contributed by atoms with Gasteiger partial charge in [0.25, 0.3) is 0 Å². The summed E-state index contributed by atoms with van der Waals surface area (Å²) in [5.74, 6) is 0.725. The Kier molecular flexibility index (Phi) is 4.08. The summed E-state index contributed by atoms with van der Waals surface area (Å²) in [5.41, 5.74) is 3.38. The predicted molar refractivity (Wildman–Crippen MR) is 76.1 cm³/mol. The molecule has 3 heteroatoms. The Morgan fingerprint density at radius 1 is 1.06 bits per heavy atom. The fourth-order valence-corrected chi connectivity index (χ4v) is 2.57. The van der Waals surface area contributed by atoms with Crippen LogP contribution in [0, 0.1) is 0 Å². The van der Waals surface area contributed by atoms with Crippen LogP contribution in [-0.4, -0.2) is 7.11 Å². The average Bonchev–Trinajstić information content (AvgIpc) is 2.38. The van der Waals surface area contributed by atoms with Crippen LogP contribution >= 0.6 is 27.5 Å². The molecule has 2 rings (SSSR count). The number of alkyl halides is 1. The van der Waals surface area contributed by atoms with Crippen molar-refractivity contribution in [1.82, 2.24) is 0 Å². The van der Waals surface area contributed by atoms with E-state index >= 15 is 0 Å². The molecule has 0 saturated heterocycles. The van der Waals surface area contributed by atoms with Gasteiger partial charge in [0.1, 0.15) is 5.75 Å². The summed E-state index contributed by atoms with van der Waals surface area (Å²) in [5, 5.41) is 1.44. The molecule has 0 fully saturated rings. The van der Waals surface area contributed by atoms with E-state index in [0.29, 0.717) is 5.02 Å². The number of rotatable bonds is 3. The first kappa shape index (κ1) is 12.5. The fourth-order valence-electron chi connectivity index (χ4n) is 1.83. The summed E-state index contributed by atoms with van der Waals surface area (Å²) in [6.45, 7) is 0. The van der Waals surface area contributed by atoms with Gasteiger partial charge in [0.2, 0.25) is 0 Å². The molecule has 0 spiro atoms. The first-order chi connectivity index (χ1) is 8.27. The number of methoxy groups -OCH3 is 1. The molecule has 17 heavy (non-hydrogen) atoms. The van der Waals surface area contributed by atoms with E-state index in [1.165, 1.54) is 5.56 Å². The van der Waals surface area contributed by atoms with Crippen molar-refractivity contribution in [2.24, 2.45) is 0 Å². The molecule has 0 aliphatic rings. The highest BCUT2D eigenvalue weighted by molar-refractivity contribution is 9.08. The Morgan fingerprint density at radius 2 is 1.76 bits per heavy atom. The van der Waals surface area contributed by atoms with Gasteiger partial charge in [-0.05, 0) is 17.2 Å². The first-order valence-corrected chi connectivity index (χ1v) is 6.74. The number of hydrogen-bond donors (Lipinski definition) is 0. The third-order valence-corrected chi connectivity index (χ3v) is 3.52. The van der Waals surface area contributed by atoms with Crippen molar-refractivity contribution < 1.29 is 4.74 Å². The van der Waals surface area contributed by atoms with Gasteiger partial charge < -0.3 is 4.74 Å². The van der Waals surface area contributed by atoms with Crippen molar-refractivity contribution in [1.29, 1.82) is 0 Å². The van der Waals surface area contributed by atoms with Crippen LogP contribution in [0.15, 0.2) is 42.5 Å². The van der Waals surface area contributed by atoms with Crippen molar-refractivity contribution in [2.45, 2.75) is 5.33 Å². The molecule has 0 N–H and O–H groups in total. The monoisotopic (exact) mass is 310 g/mol. The molecule has 0 bridgehead atoms. The summed E-state index contributed by atoms with van der Waals surface area (Å²) in [7, 11) is 1.64. The Balaban J connectivity index is 2.64. The second kappa shape index (κ2) is 5.56. The first-order valence-electron chi connectivity index (χ1n) is 5.24. The van der Waals surface area contributed by atoms with Gasteiger partial charge in [-0.2, -0.15) is 0 Å². The van der Waals surface area contributed by atoms with Crippen molar-refractivity contribution in [3.05, 3.63) is 53.1 Å². The molecular weight excluding hydrogens is 300 g/mol. The smallest absolute Gasteiger partial charge is 0.145 e. The Bertz CT molecular complexity index is 525. The molecule has 0 aromatic heterocycles. The van der Waals surface area contributed by atoms with Crippen molar-refractivity contribution in [3.8, 4) is 16.9 Å². The maximum atomic E-state index is 6.14. The zero-order valence-corrected chi connectivity index (χ0v) is 11.8. The van der Waals surface area contributed by atoms with Crippen LogP contribution < -0.4 is 4.74 Å². The van der Waals surface area contributed by atoms with Crippen LogP contribution in [0.4, 0.5) is 0 Å². The number of halogens is 2. The maximum Gasteiger partial charge on any atom is 0.145 e. The second-order valence-electron chi connectivity index (χ2n) is 3.61. The molecule has 0 saturated carbocycles. The zero-order valence-electron chi connectivity index (χ0n) is 9.41. The Labute approximate surface area is 115 Å². The molecule has 0 amide bonds. The molecule has 88 valence electrons. The number of hydrogen-bond acceptors (Lipinski definition) is 1. The largest absolute Gasteiger partial charge is 0.495 e. The fraction of sp³-hybridized carbons (Fsp3) is 0.143. The maximum absolute atomic E-state index is 6.14. The van der Waals surface area contributed by atoms with Crippen LogP contribution in [0.1, 0.15) is 5.56 Å². The van der Waals surface area contributed by atoms with Crippen LogP contribution in [0.3, 0.4) is 0 Å². The lowest BCUT2D eigenvalue weighted by Crippen LogP contribution is -1.91. The van der Waals surface area contributed by atoms with Crippen LogP contribution in [-0.2, 0) is 5.33 Å². The molecule has 0 heterocycles. The third kappa shape index (κ3) is 2.48. The highest BCUT2D eigenvalue weighted by Crippen LogP contribution is 2.37. The topological polar surface area (TPSA) is 9.23 Å². The third-order valence-electron chi connectivity index (χ3n) is 2.62. The minimum absolute atomic E-state index is 0.634.